The highest BCUT2D eigenvalue weighted by atomic mass is 16.5. The minimum absolute atomic E-state index is 0.435. The van der Waals surface area contributed by atoms with Crippen molar-refractivity contribution in [3.63, 3.8) is 0 Å². The van der Waals surface area contributed by atoms with Gasteiger partial charge in [-0.1, -0.05) is 6.92 Å². The molecule has 0 saturated heterocycles. The summed E-state index contributed by atoms with van der Waals surface area (Å²) in [4.78, 5) is 4.28. The number of aliphatic imine (C=N–C) groups is 1. The van der Waals surface area contributed by atoms with Crippen molar-refractivity contribution < 1.29 is 9.47 Å². The molecule has 0 heterocycles. The van der Waals surface area contributed by atoms with Gasteiger partial charge in [-0.15, -0.1) is 0 Å². The van der Waals surface area contributed by atoms with Crippen LogP contribution in [-0.2, 0) is 9.47 Å². The molecule has 14 heavy (non-hydrogen) atoms. The first-order chi connectivity index (χ1) is 6.85. The van der Waals surface area contributed by atoms with Crippen LogP contribution in [0.1, 0.15) is 33.6 Å². The van der Waals surface area contributed by atoms with Crippen LogP contribution in [0.25, 0.3) is 0 Å². The first-order valence-electron chi connectivity index (χ1n) is 5.27. The zero-order valence-corrected chi connectivity index (χ0v) is 9.51. The van der Waals surface area contributed by atoms with Gasteiger partial charge < -0.3 is 14.8 Å². The van der Waals surface area contributed by atoms with Crippen molar-refractivity contribution in [3.05, 3.63) is 0 Å². The minimum atomic E-state index is 0.435. The van der Waals surface area contributed by atoms with Gasteiger partial charge in [-0.3, -0.25) is 0 Å². The number of nitrogens with zero attached hydrogens (tertiary/aromatic N) is 1. The molecule has 0 aromatic rings. The van der Waals surface area contributed by atoms with E-state index < -0.39 is 0 Å². The summed E-state index contributed by atoms with van der Waals surface area (Å²) in [6.45, 7) is 8.44. The molecule has 0 fully saturated rings. The monoisotopic (exact) mass is 202 g/mol. The zero-order valence-electron chi connectivity index (χ0n) is 9.51. The molecule has 1 N–H and O–H groups in total. The Morgan fingerprint density at radius 3 is 2.43 bits per heavy atom. The summed E-state index contributed by atoms with van der Waals surface area (Å²) in [7, 11) is 0. The second-order valence-electron chi connectivity index (χ2n) is 2.79. The van der Waals surface area contributed by atoms with Gasteiger partial charge in [0.1, 0.15) is 19.3 Å². The van der Waals surface area contributed by atoms with Crippen LogP contribution in [0.15, 0.2) is 4.99 Å². The van der Waals surface area contributed by atoms with E-state index in [1.165, 1.54) is 0 Å². The van der Waals surface area contributed by atoms with Gasteiger partial charge in [0.25, 0.3) is 0 Å². The molecule has 84 valence electrons. The number of hydrogen-bond acceptors (Lipinski definition) is 3. The van der Waals surface area contributed by atoms with Crippen LogP contribution < -0.4 is 5.32 Å². The average molecular weight is 202 g/mol. The van der Waals surface area contributed by atoms with Crippen LogP contribution >= 0.6 is 0 Å². The molecule has 0 aliphatic rings. The topological polar surface area (TPSA) is 42.8 Å². The number of nitrogens with one attached hydrogen (secondary N) is 1. The van der Waals surface area contributed by atoms with E-state index in [9.17, 15) is 0 Å². The van der Waals surface area contributed by atoms with Crippen molar-refractivity contribution in [1.29, 1.82) is 0 Å². The number of ether oxygens (including phenoxy) is 2. The molecule has 0 aromatic carbocycles. The minimum Gasteiger partial charge on any atom is -0.362 e. The Balaban J connectivity index is 3.69. The van der Waals surface area contributed by atoms with E-state index in [1.54, 1.807) is 0 Å². The molecule has 0 spiro atoms. The Kier molecular flexibility index (Phi) is 10.0. The molecule has 0 atom stereocenters. The first kappa shape index (κ1) is 13.4. The summed E-state index contributed by atoms with van der Waals surface area (Å²) in [5, 5.41) is 3.13. The third-order valence-electron chi connectivity index (χ3n) is 1.62. The molecule has 0 aromatic heterocycles. The van der Waals surface area contributed by atoms with Gasteiger partial charge in [-0.05, 0) is 20.3 Å². The van der Waals surface area contributed by atoms with E-state index in [-0.39, 0.29) is 0 Å². The summed E-state index contributed by atoms with van der Waals surface area (Å²) in [6, 6.07) is 0. The maximum Gasteiger partial charge on any atom is 0.139 e. The normalized spacial score (nSPS) is 11.8. The first-order valence-corrected chi connectivity index (χ1v) is 5.27. The maximum absolute atomic E-state index is 5.18. The molecular weight excluding hydrogens is 180 g/mol. The van der Waals surface area contributed by atoms with Crippen molar-refractivity contribution in [2.24, 2.45) is 4.99 Å². The van der Waals surface area contributed by atoms with Crippen LogP contribution in [0.3, 0.4) is 0 Å². The van der Waals surface area contributed by atoms with Crippen LogP contribution in [0.4, 0.5) is 0 Å². The van der Waals surface area contributed by atoms with E-state index in [0.717, 1.165) is 25.3 Å². The van der Waals surface area contributed by atoms with Gasteiger partial charge in [0, 0.05) is 19.6 Å². The average Bonchev–Trinajstić information content (AvgIpc) is 2.18. The summed E-state index contributed by atoms with van der Waals surface area (Å²) in [5.41, 5.74) is 0. The highest BCUT2D eigenvalue weighted by Gasteiger charge is 1.95. The Labute approximate surface area is 86.7 Å². The van der Waals surface area contributed by atoms with Gasteiger partial charge in [0.05, 0.1) is 0 Å². The van der Waals surface area contributed by atoms with Gasteiger partial charge >= 0.3 is 0 Å². The van der Waals surface area contributed by atoms with Gasteiger partial charge in [-0.2, -0.15) is 0 Å². The molecule has 0 unspecified atom stereocenters. The summed E-state index contributed by atoms with van der Waals surface area (Å²) >= 11 is 0. The molecular formula is C10H22N2O2. The molecule has 0 rings (SSSR count). The Hall–Kier alpha value is -0.610. The standard InChI is InChI=1S/C10H22N2O2/c1-4-7-10(11-8-13-5-2)12-9-14-6-3/h4-9H2,1-3H3,(H,11,12). The smallest absolute Gasteiger partial charge is 0.139 e. The summed E-state index contributed by atoms with van der Waals surface area (Å²) in [5.74, 6) is 0.967. The molecule has 4 nitrogen and oxygen atoms in total. The Morgan fingerprint density at radius 2 is 1.86 bits per heavy atom. The van der Waals surface area contributed by atoms with Gasteiger partial charge in [0.15, 0.2) is 0 Å². The Morgan fingerprint density at radius 1 is 1.14 bits per heavy atom. The van der Waals surface area contributed by atoms with E-state index in [1.807, 2.05) is 13.8 Å². The van der Waals surface area contributed by atoms with E-state index >= 15 is 0 Å². The third-order valence-corrected chi connectivity index (χ3v) is 1.62. The lowest BCUT2D eigenvalue weighted by Gasteiger charge is -2.08. The lowest BCUT2D eigenvalue weighted by Crippen LogP contribution is -2.26. The van der Waals surface area contributed by atoms with E-state index in [2.05, 4.69) is 17.2 Å². The summed E-state index contributed by atoms with van der Waals surface area (Å²) < 4.78 is 10.3. The lowest BCUT2D eigenvalue weighted by molar-refractivity contribution is 0.139. The van der Waals surface area contributed by atoms with Crippen molar-refractivity contribution in [2.75, 3.05) is 26.7 Å². The van der Waals surface area contributed by atoms with Gasteiger partial charge in [0.2, 0.25) is 0 Å². The van der Waals surface area contributed by atoms with Crippen LogP contribution in [0.5, 0.6) is 0 Å². The second-order valence-corrected chi connectivity index (χ2v) is 2.79. The molecule has 0 bridgehead atoms. The predicted octanol–water partition coefficient (Wildman–Crippen LogP) is 1.76. The fourth-order valence-corrected chi connectivity index (χ4v) is 0.911. The molecule has 0 radical (unpaired) electrons. The molecule has 4 heteroatoms. The largest absolute Gasteiger partial charge is 0.362 e. The second kappa shape index (κ2) is 10.5. The van der Waals surface area contributed by atoms with Crippen LogP contribution in [0.2, 0.25) is 0 Å². The third kappa shape index (κ3) is 8.01. The van der Waals surface area contributed by atoms with E-state index in [4.69, 9.17) is 9.47 Å². The maximum atomic E-state index is 5.18. The zero-order chi connectivity index (χ0) is 10.6. The fraction of sp³-hybridized carbons (Fsp3) is 0.900. The van der Waals surface area contributed by atoms with Crippen molar-refractivity contribution in [1.82, 2.24) is 5.32 Å². The lowest BCUT2D eigenvalue weighted by atomic mass is 10.3. The number of rotatable bonds is 8. The number of hydrogen-bond donors (Lipinski definition) is 1. The van der Waals surface area contributed by atoms with Gasteiger partial charge in [-0.25, -0.2) is 4.99 Å². The quantitative estimate of drug-likeness (QED) is 0.282. The highest BCUT2D eigenvalue weighted by molar-refractivity contribution is 5.81. The predicted molar refractivity (Wildman–Crippen MR) is 58.5 cm³/mol. The van der Waals surface area contributed by atoms with Crippen LogP contribution in [0, 0.1) is 0 Å². The molecule has 0 aliphatic heterocycles. The Bertz CT molecular complexity index is 149. The van der Waals surface area contributed by atoms with Crippen molar-refractivity contribution in [3.8, 4) is 0 Å². The molecule has 0 saturated carbocycles. The SMILES string of the molecule is CCCC(=NCOCC)NCOCC. The van der Waals surface area contributed by atoms with Crippen LogP contribution in [-0.4, -0.2) is 32.5 Å². The fourth-order valence-electron chi connectivity index (χ4n) is 0.911. The molecule has 0 amide bonds. The van der Waals surface area contributed by atoms with Crippen molar-refractivity contribution >= 4 is 5.84 Å². The molecule has 0 aliphatic carbocycles. The number of amidine groups is 1. The summed E-state index contributed by atoms with van der Waals surface area (Å²) in [6.07, 6.45) is 2.02. The van der Waals surface area contributed by atoms with E-state index in [0.29, 0.717) is 20.1 Å². The van der Waals surface area contributed by atoms with Crippen molar-refractivity contribution in [2.45, 2.75) is 33.6 Å². The highest BCUT2D eigenvalue weighted by Crippen LogP contribution is 1.90.